The van der Waals surface area contributed by atoms with Crippen molar-refractivity contribution in [1.82, 2.24) is 0 Å². The first-order chi connectivity index (χ1) is 12.3. The summed E-state index contributed by atoms with van der Waals surface area (Å²) >= 11 is 0. The van der Waals surface area contributed by atoms with Crippen LogP contribution in [0.4, 0.5) is 5.69 Å². The fourth-order valence-corrected chi connectivity index (χ4v) is 1.96. The van der Waals surface area contributed by atoms with Crippen LogP contribution in [0, 0.1) is 17.0 Å². The van der Waals surface area contributed by atoms with E-state index in [4.69, 9.17) is 15.6 Å². The summed E-state index contributed by atoms with van der Waals surface area (Å²) in [6.07, 6.45) is 0. The van der Waals surface area contributed by atoms with Crippen LogP contribution in [0.1, 0.15) is 21.5 Å². The first kappa shape index (κ1) is 20.6. The molecule has 0 fully saturated rings. The molecule has 0 spiro atoms. The average Bonchev–Trinajstić information content (AvgIpc) is 2.61. The van der Waals surface area contributed by atoms with Crippen molar-refractivity contribution in [2.45, 2.75) is 13.5 Å². The minimum absolute atomic E-state index is 0.0696. The van der Waals surface area contributed by atoms with Gasteiger partial charge in [0.1, 0.15) is 12.2 Å². The van der Waals surface area contributed by atoms with Crippen LogP contribution in [-0.4, -0.2) is 28.5 Å². The van der Waals surface area contributed by atoms with Gasteiger partial charge in [0.25, 0.3) is 5.91 Å². The van der Waals surface area contributed by atoms with Crippen LogP contribution in [0.15, 0.2) is 42.5 Å². The van der Waals surface area contributed by atoms with Crippen LogP contribution < -0.4 is 16.2 Å². The lowest BCUT2D eigenvalue weighted by Gasteiger charge is -2.11. The van der Waals surface area contributed by atoms with Gasteiger partial charge in [-0.2, -0.15) is 0 Å². The summed E-state index contributed by atoms with van der Waals surface area (Å²) in [6.45, 7) is 1.57. The maximum Gasteiger partial charge on any atom is 0.323 e. The lowest BCUT2D eigenvalue weighted by atomic mass is 10.1. The van der Waals surface area contributed by atoms with Crippen LogP contribution in [0.2, 0.25) is 0 Å². The lowest BCUT2D eigenvalue weighted by Crippen LogP contribution is -2.14. The molecule has 0 aromatic heterocycles. The number of carboxylic acids is 1. The number of carbonyl (C=O) groups is 2. The number of rotatable bonds is 6. The summed E-state index contributed by atoms with van der Waals surface area (Å²) in [6, 6.07) is 12.2. The van der Waals surface area contributed by atoms with Crippen molar-refractivity contribution in [3.8, 4) is 5.75 Å². The maximum atomic E-state index is 11.3. The fourth-order valence-electron chi connectivity index (χ4n) is 1.96. The Balaban J connectivity index is 0.000000597. The van der Waals surface area contributed by atoms with Gasteiger partial charge in [0.05, 0.1) is 11.5 Å². The Hall–Kier alpha value is -3.46. The molecule has 0 saturated carbocycles. The molecular weight excluding hydrogens is 342 g/mol. The highest BCUT2D eigenvalue weighted by molar-refractivity contribution is 5.98. The number of ether oxygens (including phenoxy) is 1. The molecule has 0 aliphatic heterocycles. The molecule has 0 bridgehead atoms. The Morgan fingerprint density at radius 2 is 1.77 bits per heavy atom. The van der Waals surface area contributed by atoms with Gasteiger partial charge in [0.15, 0.2) is 0 Å². The van der Waals surface area contributed by atoms with Crippen molar-refractivity contribution >= 4 is 17.6 Å². The number of carboxylic acid groups (broad SMARTS) is 1. The minimum Gasteiger partial charge on any atom is -0.482 e. The molecule has 0 aliphatic rings. The summed E-state index contributed by atoms with van der Waals surface area (Å²) in [4.78, 5) is 31.2. The third-order valence-corrected chi connectivity index (χ3v) is 3.18. The largest absolute Gasteiger partial charge is 0.482 e. The fraction of sp³-hybridized carbons (Fsp3) is 0.176. The molecule has 0 saturated heterocycles. The van der Waals surface area contributed by atoms with Crippen molar-refractivity contribution in [1.29, 1.82) is 0 Å². The SMILES string of the molecule is Cc1ccc(C(N)=O)c([N+](=O)[O-])c1OCc1ccccc1.NCC(=O)O. The van der Waals surface area contributed by atoms with Crippen LogP contribution in [0.3, 0.4) is 0 Å². The number of nitro groups is 1. The quantitative estimate of drug-likeness (QED) is 0.520. The number of hydrogen-bond donors (Lipinski definition) is 3. The minimum atomic E-state index is -0.968. The van der Waals surface area contributed by atoms with E-state index >= 15 is 0 Å². The smallest absolute Gasteiger partial charge is 0.323 e. The van der Waals surface area contributed by atoms with Crippen molar-refractivity contribution in [3.63, 3.8) is 0 Å². The highest BCUT2D eigenvalue weighted by Crippen LogP contribution is 2.34. The molecule has 9 nitrogen and oxygen atoms in total. The topological polar surface area (TPSA) is 159 Å². The molecule has 2 rings (SSSR count). The Morgan fingerprint density at radius 3 is 2.23 bits per heavy atom. The lowest BCUT2D eigenvalue weighted by molar-refractivity contribution is -0.386. The number of amides is 1. The molecule has 0 aliphatic carbocycles. The predicted octanol–water partition coefficient (Wildman–Crippen LogP) is 1.61. The van der Waals surface area contributed by atoms with E-state index in [1.54, 1.807) is 13.0 Å². The van der Waals surface area contributed by atoms with E-state index in [0.717, 1.165) is 5.56 Å². The van der Waals surface area contributed by atoms with Gasteiger partial charge < -0.3 is 21.3 Å². The second-order valence-electron chi connectivity index (χ2n) is 5.10. The maximum absolute atomic E-state index is 11.3. The Morgan fingerprint density at radius 1 is 1.19 bits per heavy atom. The molecule has 5 N–H and O–H groups in total. The summed E-state index contributed by atoms with van der Waals surface area (Å²) in [7, 11) is 0. The van der Waals surface area contributed by atoms with Gasteiger partial charge in [-0.15, -0.1) is 0 Å². The van der Waals surface area contributed by atoms with Gasteiger partial charge in [-0.05, 0) is 24.1 Å². The molecule has 0 heterocycles. The van der Waals surface area contributed by atoms with Crippen molar-refractivity contribution in [2.75, 3.05) is 6.54 Å². The van der Waals surface area contributed by atoms with Crippen LogP contribution in [0.25, 0.3) is 0 Å². The molecule has 26 heavy (non-hydrogen) atoms. The molecule has 0 atom stereocenters. The molecule has 1 amide bonds. The number of nitro benzene ring substituents is 1. The number of aryl methyl sites for hydroxylation is 1. The van der Waals surface area contributed by atoms with Gasteiger partial charge in [-0.25, -0.2) is 0 Å². The van der Waals surface area contributed by atoms with E-state index < -0.39 is 22.5 Å². The standard InChI is InChI=1S/C15H14N2O4.C2H5NO2/c1-10-7-8-12(15(16)18)13(17(19)20)14(10)21-9-11-5-3-2-4-6-11;3-1-2(4)5/h2-8H,9H2,1H3,(H2,16,18);1,3H2,(H,4,5). The van der Waals surface area contributed by atoms with Gasteiger partial charge in [-0.3, -0.25) is 19.7 Å². The number of hydrogen-bond acceptors (Lipinski definition) is 6. The molecule has 138 valence electrons. The molecule has 0 unspecified atom stereocenters. The van der Waals surface area contributed by atoms with Crippen molar-refractivity contribution < 1.29 is 24.4 Å². The monoisotopic (exact) mass is 361 g/mol. The number of aliphatic carboxylic acids is 1. The van der Waals surface area contributed by atoms with Gasteiger partial charge in [0.2, 0.25) is 5.75 Å². The Labute approximate surface area is 149 Å². The van der Waals surface area contributed by atoms with Gasteiger partial charge >= 0.3 is 11.7 Å². The normalized spacial score (nSPS) is 9.62. The number of nitrogens with zero attached hydrogens (tertiary/aromatic N) is 1. The van der Waals surface area contributed by atoms with Crippen LogP contribution in [-0.2, 0) is 11.4 Å². The zero-order chi connectivity index (χ0) is 19.7. The Kier molecular flexibility index (Phi) is 7.71. The van der Waals surface area contributed by atoms with E-state index in [1.165, 1.54) is 6.07 Å². The summed E-state index contributed by atoms with van der Waals surface area (Å²) in [5, 5.41) is 18.8. The third kappa shape index (κ3) is 5.87. The highest BCUT2D eigenvalue weighted by Gasteiger charge is 2.26. The van der Waals surface area contributed by atoms with Crippen LogP contribution >= 0.6 is 0 Å². The van der Waals surface area contributed by atoms with E-state index in [1.807, 2.05) is 30.3 Å². The summed E-state index contributed by atoms with van der Waals surface area (Å²) < 4.78 is 5.56. The molecule has 9 heteroatoms. The molecule has 2 aromatic rings. The second kappa shape index (κ2) is 9.74. The average molecular weight is 361 g/mol. The summed E-state index contributed by atoms with van der Waals surface area (Å²) in [5.74, 6) is -1.75. The van der Waals surface area contributed by atoms with E-state index in [9.17, 15) is 19.7 Å². The highest BCUT2D eigenvalue weighted by atomic mass is 16.6. The zero-order valence-corrected chi connectivity index (χ0v) is 14.0. The van der Waals surface area contributed by atoms with E-state index in [-0.39, 0.29) is 24.5 Å². The zero-order valence-electron chi connectivity index (χ0n) is 14.0. The van der Waals surface area contributed by atoms with E-state index in [2.05, 4.69) is 5.73 Å². The van der Waals surface area contributed by atoms with Gasteiger partial charge in [0, 0.05) is 0 Å². The number of benzene rings is 2. The molecule has 2 aromatic carbocycles. The van der Waals surface area contributed by atoms with E-state index in [0.29, 0.717) is 5.56 Å². The number of carbonyl (C=O) groups excluding carboxylic acids is 1. The first-order valence-electron chi connectivity index (χ1n) is 7.44. The molecule has 0 radical (unpaired) electrons. The van der Waals surface area contributed by atoms with Gasteiger partial charge in [-0.1, -0.05) is 36.4 Å². The first-order valence-corrected chi connectivity index (χ1v) is 7.44. The van der Waals surface area contributed by atoms with Crippen molar-refractivity contribution in [3.05, 3.63) is 69.3 Å². The van der Waals surface area contributed by atoms with Crippen LogP contribution in [0.5, 0.6) is 5.75 Å². The number of nitrogens with two attached hydrogens (primary N) is 2. The Bertz CT molecular complexity index is 793. The van der Waals surface area contributed by atoms with Crippen molar-refractivity contribution in [2.24, 2.45) is 11.5 Å². The summed E-state index contributed by atoms with van der Waals surface area (Å²) in [5.41, 5.74) is 10.6. The third-order valence-electron chi connectivity index (χ3n) is 3.18. The number of primary amides is 1. The predicted molar refractivity (Wildman–Crippen MR) is 93.8 cm³/mol. The molecular formula is C17H19N3O6. The second-order valence-corrected chi connectivity index (χ2v) is 5.10.